The summed E-state index contributed by atoms with van der Waals surface area (Å²) in [4.78, 5) is 26.7. The molecular formula is C19H25NO5. The van der Waals surface area contributed by atoms with Crippen molar-refractivity contribution in [3.63, 3.8) is 0 Å². The summed E-state index contributed by atoms with van der Waals surface area (Å²) in [5.74, 6) is 1.20. The lowest BCUT2D eigenvalue weighted by molar-refractivity contribution is -0.146. The monoisotopic (exact) mass is 347 g/mol. The van der Waals surface area contributed by atoms with Gasteiger partial charge in [-0.3, -0.25) is 9.59 Å². The van der Waals surface area contributed by atoms with Crippen LogP contribution in [0.2, 0.25) is 0 Å². The maximum Gasteiger partial charge on any atom is 0.307 e. The Balaban J connectivity index is 1.98. The molecular weight excluding hydrogens is 322 g/mol. The number of rotatable bonds is 5. The maximum absolute atomic E-state index is 12.9. The third kappa shape index (κ3) is 3.30. The van der Waals surface area contributed by atoms with Crippen LogP contribution in [0.25, 0.3) is 0 Å². The SMILES string of the molecule is COC(=O)C[C@H]1c2cc(OC)c(OC)cc2CCN1C(=O)C1CCC1. The largest absolute Gasteiger partial charge is 0.493 e. The lowest BCUT2D eigenvalue weighted by Gasteiger charge is -2.40. The fraction of sp³-hybridized carbons (Fsp3) is 0.579. The van der Waals surface area contributed by atoms with E-state index in [2.05, 4.69) is 0 Å². The maximum atomic E-state index is 12.9. The second-order valence-corrected chi connectivity index (χ2v) is 6.61. The number of carbonyl (C=O) groups excluding carboxylic acids is 2. The van der Waals surface area contributed by atoms with Gasteiger partial charge in [0.05, 0.1) is 33.8 Å². The van der Waals surface area contributed by atoms with Gasteiger partial charge in [0.2, 0.25) is 5.91 Å². The van der Waals surface area contributed by atoms with Crippen molar-refractivity contribution in [1.29, 1.82) is 0 Å². The number of nitrogens with zero attached hydrogens (tertiary/aromatic N) is 1. The van der Waals surface area contributed by atoms with Gasteiger partial charge < -0.3 is 19.1 Å². The highest BCUT2D eigenvalue weighted by molar-refractivity contribution is 5.81. The number of ether oxygens (including phenoxy) is 3. The molecule has 1 saturated carbocycles. The van der Waals surface area contributed by atoms with Gasteiger partial charge in [0, 0.05) is 12.5 Å². The Bertz CT molecular complexity index is 668. The molecule has 1 amide bonds. The number of amides is 1. The number of esters is 1. The number of carbonyl (C=O) groups is 2. The van der Waals surface area contributed by atoms with Crippen LogP contribution in [0.4, 0.5) is 0 Å². The molecule has 3 rings (SSSR count). The highest BCUT2D eigenvalue weighted by atomic mass is 16.5. The quantitative estimate of drug-likeness (QED) is 0.766. The summed E-state index contributed by atoms with van der Waals surface area (Å²) in [5, 5.41) is 0. The van der Waals surface area contributed by atoms with E-state index < -0.39 is 0 Å². The molecule has 136 valence electrons. The molecule has 1 heterocycles. The molecule has 1 fully saturated rings. The zero-order chi connectivity index (χ0) is 18.0. The Hall–Kier alpha value is -2.24. The third-order valence-corrected chi connectivity index (χ3v) is 5.33. The van der Waals surface area contributed by atoms with Gasteiger partial charge in [-0.25, -0.2) is 0 Å². The number of benzene rings is 1. The first kappa shape index (κ1) is 17.6. The molecule has 0 unspecified atom stereocenters. The van der Waals surface area contributed by atoms with Gasteiger partial charge in [-0.15, -0.1) is 0 Å². The van der Waals surface area contributed by atoms with Crippen LogP contribution in [0.5, 0.6) is 11.5 Å². The van der Waals surface area contributed by atoms with Crippen molar-refractivity contribution >= 4 is 11.9 Å². The standard InChI is InChI=1S/C19H25NO5/c1-23-16-9-13-7-8-20(19(22)12-5-4-6-12)15(11-18(21)25-3)14(13)10-17(16)24-2/h9-10,12,15H,4-8,11H2,1-3H3/t15-/m0/s1. The Labute approximate surface area is 148 Å². The topological polar surface area (TPSA) is 65.1 Å². The van der Waals surface area contributed by atoms with Crippen molar-refractivity contribution in [1.82, 2.24) is 4.90 Å². The molecule has 0 N–H and O–H groups in total. The predicted octanol–water partition coefficient (Wildman–Crippen LogP) is 2.49. The van der Waals surface area contributed by atoms with Gasteiger partial charge in [0.25, 0.3) is 0 Å². The van der Waals surface area contributed by atoms with Crippen LogP contribution < -0.4 is 9.47 Å². The van der Waals surface area contributed by atoms with Gasteiger partial charge >= 0.3 is 5.97 Å². The minimum Gasteiger partial charge on any atom is -0.493 e. The second kappa shape index (κ2) is 7.33. The van der Waals surface area contributed by atoms with E-state index in [0.29, 0.717) is 18.0 Å². The molecule has 1 aliphatic heterocycles. The average molecular weight is 347 g/mol. The summed E-state index contributed by atoms with van der Waals surface area (Å²) in [5.41, 5.74) is 2.03. The Morgan fingerprint density at radius 2 is 1.80 bits per heavy atom. The zero-order valence-electron chi connectivity index (χ0n) is 15.0. The molecule has 6 heteroatoms. The van der Waals surface area contributed by atoms with Crippen molar-refractivity contribution in [2.45, 2.75) is 38.1 Å². The molecule has 0 bridgehead atoms. The summed E-state index contributed by atoms with van der Waals surface area (Å²) in [6, 6.07) is 3.52. The van der Waals surface area contributed by atoms with Crippen LogP contribution in [0.15, 0.2) is 12.1 Å². The smallest absolute Gasteiger partial charge is 0.307 e. The van der Waals surface area contributed by atoms with Gasteiger partial charge in [-0.05, 0) is 42.5 Å². The predicted molar refractivity (Wildman–Crippen MR) is 91.7 cm³/mol. The number of hydrogen-bond acceptors (Lipinski definition) is 5. The van der Waals surface area contributed by atoms with Crippen LogP contribution in [0, 0.1) is 5.92 Å². The molecule has 0 radical (unpaired) electrons. The van der Waals surface area contributed by atoms with E-state index in [1.807, 2.05) is 17.0 Å². The lowest BCUT2D eigenvalue weighted by atomic mass is 9.82. The van der Waals surface area contributed by atoms with Gasteiger partial charge in [0.1, 0.15) is 0 Å². The van der Waals surface area contributed by atoms with Crippen molar-refractivity contribution in [2.24, 2.45) is 5.92 Å². The van der Waals surface area contributed by atoms with Crippen LogP contribution >= 0.6 is 0 Å². The molecule has 0 aromatic heterocycles. The number of hydrogen-bond donors (Lipinski definition) is 0. The molecule has 1 atom stereocenters. The van der Waals surface area contributed by atoms with Gasteiger partial charge in [-0.2, -0.15) is 0 Å². The Kier molecular flexibility index (Phi) is 5.16. The molecule has 25 heavy (non-hydrogen) atoms. The first-order chi connectivity index (χ1) is 12.1. The summed E-state index contributed by atoms with van der Waals surface area (Å²) in [6.45, 7) is 0.611. The fourth-order valence-corrected chi connectivity index (χ4v) is 3.64. The highest BCUT2D eigenvalue weighted by Gasteiger charge is 2.38. The molecule has 0 saturated heterocycles. The summed E-state index contributed by atoms with van der Waals surface area (Å²) in [6.07, 6.45) is 3.88. The molecule has 1 aromatic carbocycles. The minimum absolute atomic E-state index is 0.0989. The van der Waals surface area contributed by atoms with Crippen molar-refractivity contribution in [3.05, 3.63) is 23.3 Å². The third-order valence-electron chi connectivity index (χ3n) is 5.33. The molecule has 0 spiro atoms. The fourth-order valence-electron chi connectivity index (χ4n) is 3.64. The zero-order valence-corrected chi connectivity index (χ0v) is 15.0. The van der Waals surface area contributed by atoms with Crippen LogP contribution in [0.1, 0.15) is 42.9 Å². The van der Waals surface area contributed by atoms with E-state index >= 15 is 0 Å². The lowest BCUT2D eigenvalue weighted by Crippen LogP contribution is -2.45. The highest BCUT2D eigenvalue weighted by Crippen LogP contribution is 2.41. The first-order valence-electron chi connectivity index (χ1n) is 8.71. The van der Waals surface area contributed by atoms with Crippen molar-refractivity contribution < 1.29 is 23.8 Å². The van der Waals surface area contributed by atoms with Crippen LogP contribution in [0.3, 0.4) is 0 Å². The average Bonchev–Trinajstić information content (AvgIpc) is 2.58. The van der Waals surface area contributed by atoms with Crippen LogP contribution in [-0.2, 0) is 20.7 Å². The summed E-state index contributed by atoms with van der Waals surface area (Å²) < 4.78 is 15.7. The van der Waals surface area contributed by atoms with Gasteiger partial charge in [0.15, 0.2) is 11.5 Å². The van der Waals surface area contributed by atoms with E-state index in [0.717, 1.165) is 36.8 Å². The van der Waals surface area contributed by atoms with Crippen molar-refractivity contribution in [3.8, 4) is 11.5 Å². The number of fused-ring (bicyclic) bond motifs is 1. The van der Waals surface area contributed by atoms with E-state index in [1.54, 1.807) is 14.2 Å². The van der Waals surface area contributed by atoms with E-state index in [-0.39, 0.29) is 30.3 Å². The minimum atomic E-state index is -0.320. The van der Waals surface area contributed by atoms with E-state index in [1.165, 1.54) is 7.11 Å². The van der Waals surface area contributed by atoms with Gasteiger partial charge in [-0.1, -0.05) is 6.42 Å². The van der Waals surface area contributed by atoms with E-state index in [4.69, 9.17) is 14.2 Å². The summed E-state index contributed by atoms with van der Waals surface area (Å²) >= 11 is 0. The normalized spacial score (nSPS) is 19.6. The van der Waals surface area contributed by atoms with E-state index in [9.17, 15) is 9.59 Å². The molecule has 6 nitrogen and oxygen atoms in total. The first-order valence-corrected chi connectivity index (χ1v) is 8.71. The molecule has 1 aliphatic carbocycles. The number of methoxy groups -OCH3 is 3. The van der Waals surface area contributed by atoms with Crippen molar-refractivity contribution in [2.75, 3.05) is 27.9 Å². The van der Waals surface area contributed by atoms with Crippen LogP contribution in [-0.4, -0.2) is 44.7 Å². The second-order valence-electron chi connectivity index (χ2n) is 6.61. The Morgan fingerprint density at radius 3 is 2.36 bits per heavy atom. The molecule has 1 aromatic rings. The summed E-state index contributed by atoms with van der Waals surface area (Å²) in [7, 11) is 4.56. The Morgan fingerprint density at radius 1 is 1.12 bits per heavy atom. The molecule has 2 aliphatic rings.